The molecule has 0 spiro atoms. The van der Waals surface area contributed by atoms with Gasteiger partial charge in [0.1, 0.15) is 12.4 Å². The molecule has 1 aliphatic heterocycles. The third-order valence-corrected chi connectivity index (χ3v) is 3.06. The van der Waals surface area contributed by atoms with Crippen LogP contribution in [0.5, 0.6) is 0 Å². The van der Waals surface area contributed by atoms with Crippen molar-refractivity contribution in [3.8, 4) is 0 Å². The third-order valence-electron chi connectivity index (χ3n) is 3.06. The highest BCUT2D eigenvalue weighted by Gasteiger charge is 2.36. The fraction of sp³-hybridized carbons (Fsp3) is 0.308. The Bertz CT molecular complexity index is 588. The second kappa shape index (κ2) is 5.28. The lowest BCUT2D eigenvalue weighted by atomic mass is 10.1. The minimum Gasteiger partial charge on any atom is -0.397 e. The summed E-state index contributed by atoms with van der Waals surface area (Å²) in [5, 5.41) is 2.38. The predicted octanol–water partition coefficient (Wildman–Crippen LogP) is 0.741. The number of imide groups is 1. The number of nitrogen functional groups attached to an aromatic ring is 1. The number of hydrogen-bond donors (Lipinski definition) is 2. The molecule has 1 atom stereocenters. The average Bonchev–Trinajstić information content (AvgIpc) is 2.61. The molecule has 1 heterocycles. The molecule has 106 valence electrons. The Labute approximate surface area is 114 Å². The van der Waals surface area contributed by atoms with Gasteiger partial charge in [-0.05, 0) is 18.2 Å². The van der Waals surface area contributed by atoms with Crippen LogP contribution in [0.25, 0.3) is 0 Å². The molecule has 0 saturated carbocycles. The first-order chi connectivity index (χ1) is 9.38. The van der Waals surface area contributed by atoms with Crippen LogP contribution < -0.4 is 11.1 Å². The van der Waals surface area contributed by atoms with Gasteiger partial charge in [0.15, 0.2) is 0 Å². The molecule has 1 aromatic carbocycles. The summed E-state index contributed by atoms with van der Waals surface area (Å²) in [5.74, 6) is -2.31. The molecule has 0 aliphatic carbocycles. The van der Waals surface area contributed by atoms with E-state index in [0.717, 1.165) is 11.0 Å². The Kier molecular flexibility index (Phi) is 3.69. The minimum absolute atomic E-state index is 0.105. The molecule has 1 saturated heterocycles. The van der Waals surface area contributed by atoms with E-state index >= 15 is 0 Å². The van der Waals surface area contributed by atoms with Crippen LogP contribution in [0, 0.1) is 11.7 Å². The van der Waals surface area contributed by atoms with Crippen LogP contribution in [-0.4, -0.2) is 29.2 Å². The molecule has 0 bridgehead atoms. The molecule has 3 N–H and O–H groups in total. The van der Waals surface area contributed by atoms with Crippen LogP contribution in [0.15, 0.2) is 18.2 Å². The van der Waals surface area contributed by atoms with E-state index in [1.165, 1.54) is 12.1 Å². The van der Waals surface area contributed by atoms with E-state index in [2.05, 4.69) is 5.32 Å². The first-order valence-corrected chi connectivity index (χ1v) is 6.07. The van der Waals surface area contributed by atoms with Crippen LogP contribution in [0.1, 0.15) is 13.3 Å². The van der Waals surface area contributed by atoms with Crippen molar-refractivity contribution in [3.63, 3.8) is 0 Å². The topological polar surface area (TPSA) is 92.5 Å². The molecular formula is C13H14FN3O3. The van der Waals surface area contributed by atoms with Gasteiger partial charge in [0.05, 0.1) is 11.4 Å². The summed E-state index contributed by atoms with van der Waals surface area (Å²) >= 11 is 0. The highest BCUT2D eigenvalue weighted by Crippen LogP contribution is 2.21. The summed E-state index contributed by atoms with van der Waals surface area (Å²) in [6.07, 6.45) is 0.105. The molecule has 1 unspecified atom stereocenters. The Hall–Kier alpha value is -2.44. The number of benzene rings is 1. The predicted molar refractivity (Wildman–Crippen MR) is 69.9 cm³/mol. The van der Waals surface area contributed by atoms with Crippen molar-refractivity contribution in [1.29, 1.82) is 0 Å². The van der Waals surface area contributed by atoms with Gasteiger partial charge in [-0.1, -0.05) is 6.92 Å². The summed E-state index contributed by atoms with van der Waals surface area (Å²) < 4.78 is 13.1. The first-order valence-electron chi connectivity index (χ1n) is 6.07. The molecule has 1 fully saturated rings. The monoisotopic (exact) mass is 279 g/mol. The van der Waals surface area contributed by atoms with E-state index < -0.39 is 24.2 Å². The number of halogens is 1. The van der Waals surface area contributed by atoms with Crippen molar-refractivity contribution in [2.24, 2.45) is 5.92 Å². The van der Waals surface area contributed by atoms with Crippen molar-refractivity contribution >= 4 is 29.1 Å². The van der Waals surface area contributed by atoms with Gasteiger partial charge in [0.25, 0.3) is 0 Å². The second-order valence-electron chi connectivity index (χ2n) is 4.70. The molecule has 6 nitrogen and oxygen atoms in total. The van der Waals surface area contributed by atoms with Crippen molar-refractivity contribution < 1.29 is 18.8 Å². The maximum absolute atomic E-state index is 13.1. The van der Waals surface area contributed by atoms with Gasteiger partial charge < -0.3 is 11.1 Å². The number of likely N-dealkylation sites (tertiary alicyclic amines) is 1. The molecule has 0 aromatic heterocycles. The summed E-state index contributed by atoms with van der Waals surface area (Å²) in [4.78, 5) is 35.9. The van der Waals surface area contributed by atoms with Gasteiger partial charge in [-0.2, -0.15) is 0 Å². The lowest BCUT2D eigenvalue weighted by Gasteiger charge is -2.14. The third kappa shape index (κ3) is 2.76. The average molecular weight is 279 g/mol. The number of carbonyl (C=O) groups excluding carboxylic acids is 3. The summed E-state index contributed by atoms with van der Waals surface area (Å²) in [6.45, 7) is 1.24. The molecular weight excluding hydrogens is 265 g/mol. The Morgan fingerprint density at radius 2 is 2.20 bits per heavy atom. The van der Waals surface area contributed by atoms with Crippen LogP contribution in [0.4, 0.5) is 15.8 Å². The molecule has 20 heavy (non-hydrogen) atoms. The first kappa shape index (κ1) is 14.0. The summed E-state index contributed by atoms with van der Waals surface area (Å²) in [7, 11) is 0. The van der Waals surface area contributed by atoms with Crippen molar-refractivity contribution in [3.05, 3.63) is 24.0 Å². The zero-order valence-corrected chi connectivity index (χ0v) is 10.9. The van der Waals surface area contributed by atoms with E-state index in [1.807, 2.05) is 0 Å². The highest BCUT2D eigenvalue weighted by atomic mass is 19.1. The molecule has 7 heteroatoms. The number of hydrogen-bond acceptors (Lipinski definition) is 4. The number of amides is 3. The minimum atomic E-state index is -0.599. The largest absolute Gasteiger partial charge is 0.397 e. The van der Waals surface area contributed by atoms with E-state index in [1.54, 1.807) is 6.92 Å². The molecule has 2 rings (SSSR count). The van der Waals surface area contributed by atoms with Crippen molar-refractivity contribution in [2.75, 3.05) is 17.6 Å². The van der Waals surface area contributed by atoms with Crippen LogP contribution >= 0.6 is 0 Å². The quantitative estimate of drug-likeness (QED) is 0.630. The highest BCUT2D eigenvalue weighted by molar-refractivity contribution is 6.07. The normalized spacial score (nSPS) is 18.5. The zero-order chi connectivity index (χ0) is 14.9. The number of anilines is 2. The fourth-order valence-electron chi connectivity index (χ4n) is 1.98. The van der Waals surface area contributed by atoms with Gasteiger partial charge in [0.2, 0.25) is 17.7 Å². The van der Waals surface area contributed by atoms with E-state index in [0.29, 0.717) is 0 Å². The second-order valence-corrected chi connectivity index (χ2v) is 4.70. The zero-order valence-electron chi connectivity index (χ0n) is 10.9. The lowest BCUT2D eigenvalue weighted by molar-refractivity contribution is -0.142. The van der Waals surface area contributed by atoms with Gasteiger partial charge in [-0.25, -0.2) is 4.39 Å². The summed E-state index contributed by atoms with van der Waals surface area (Å²) in [6, 6.07) is 3.56. The number of nitrogens with zero attached hydrogens (tertiary/aromatic N) is 1. The Morgan fingerprint density at radius 3 is 2.80 bits per heavy atom. The van der Waals surface area contributed by atoms with Crippen LogP contribution in [0.3, 0.4) is 0 Å². The molecule has 1 aliphatic rings. The van der Waals surface area contributed by atoms with Gasteiger partial charge in [-0.3, -0.25) is 19.3 Å². The standard InChI is InChI=1S/C13H14FN3O3/c1-7-4-12(19)17(13(7)20)6-11(18)16-10-5-8(14)2-3-9(10)15/h2-3,5,7H,4,6,15H2,1H3,(H,16,18). The summed E-state index contributed by atoms with van der Waals surface area (Å²) in [5.41, 5.74) is 5.91. The molecule has 0 radical (unpaired) electrons. The Morgan fingerprint density at radius 1 is 1.50 bits per heavy atom. The van der Waals surface area contributed by atoms with Crippen LogP contribution in [0.2, 0.25) is 0 Å². The fourth-order valence-corrected chi connectivity index (χ4v) is 1.98. The van der Waals surface area contributed by atoms with Crippen molar-refractivity contribution in [2.45, 2.75) is 13.3 Å². The number of rotatable bonds is 3. The maximum Gasteiger partial charge on any atom is 0.244 e. The Balaban J connectivity index is 2.04. The van der Waals surface area contributed by atoms with E-state index in [-0.39, 0.29) is 29.6 Å². The number of nitrogens with one attached hydrogen (secondary N) is 1. The lowest BCUT2D eigenvalue weighted by Crippen LogP contribution is -2.37. The smallest absolute Gasteiger partial charge is 0.244 e. The van der Waals surface area contributed by atoms with Gasteiger partial charge in [-0.15, -0.1) is 0 Å². The van der Waals surface area contributed by atoms with E-state index in [4.69, 9.17) is 5.73 Å². The van der Waals surface area contributed by atoms with E-state index in [9.17, 15) is 18.8 Å². The van der Waals surface area contributed by atoms with Gasteiger partial charge in [0, 0.05) is 12.3 Å². The molecule has 3 amide bonds. The SMILES string of the molecule is CC1CC(=O)N(CC(=O)Nc2cc(F)ccc2N)C1=O. The van der Waals surface area contributed by atoms with Crippen molar-refractivity contribution in [1.82, 2.24) is 4.90 Å². The maximum atomic E-state index is 13.1. The molecule has 1 aromatic rings. The van der Waals surface area contributed by atoms with Crippen LogP contribution in [-0.2, 0) is 14.4 Å². The number of nitrogens with two attached hydrogens (primary N) is 1. The number of carbonyl (C=O) groups is 3. The van der Waals surface area contributed by atoms with Gasteiger partial charge >= 0.3 is 0 Å².